The van der Waals surface area contributed by atoms with E-state index in [1.165, 1.54) is 6.20 Å². The molecular formula is C10H14N4O3. The van der Waals surface area contributed by atoms with Gasteiger partial charge in [-0.15, -0.1) is 0 Å². The molecule has 0 fully saturated rings. The van der Waals surface area contributed by atoms with Crippen molar-refractivity contribution >= 4 is 17.7 Å². The number of nitrogens with two attached hydrogens (primary N) is 1. The zero-order chi connectivity index (χ0) is 13.1. The van der Waals surface area contributed by atoms with Gasteiger partial charge in [0.15, 0.2) is 5.69 Å². The summed E-state index contributed by atoms with van der Waals surface area (Å²) in [6.07, 6.45) is 2.43. The Bertz CT molecular complexity index is 428. The van der Waals surface area contributed by atoms with Gasteiger partial charge in [-0.2, -0.15) is 0 Å². The van der Waals surface area contributed by atoms with Crippen molar-refractivity contribution in [2.75, 3.05) is 11.9 Å². The second-order valence-electron chi connectivity index (χ2n) is 4.19. The number of hydrogen-bond donors (Lipinski definition) is 3. The van der Waals surface area contributed by atoms with Crippen molar-refractivity contribution < 1.29 is 14.7 Å². The number of carbonyl (C=O) groups excluding carboxylic acids is 1. The molecule has 4 N–H and O–H groups in total. The first kappa shape index (κ1) is 12.9. The number of aromatic carboxylic acids is 1. The Morgan fingerprint density at radius 3 is 2.47 bits per heavy atom. The van der Waals surface area contributed by atoms with Gasteiger partial charge in [0.05, 0.1) is 17.8 Å². The molecule has 0 bridgehead atoms. The van der Waals surface area contributed by atoms with Crippen LogP contribution >= 0.6 is 0 Å². The molecule has 1 heterocycles. The summed E-state index contributed by atoms with van der Waals surface area (Å²) in [5.41, 5.74) is 4.36. The maximum absolute atomic E-state index is 11.1. The molecule has 7 nitrogen and oxygen atoms in total. The molecular weight excluding hydrogens is 224 g/mol. The van der Waals surface area contributed by atoms with Crippen molar-refractivity contribution in [2.45, 2.75) is 13.8 Å². The third kappa shape index (κ3) is 3.40. The lowest BCUT2D eigenvalue weighted by Gasteiger charge is -2.20. The Morgan fingerprint density at radius 1 is 1.41 bits per heavy atom. The van der Waals surface area contributed by atoms with E-state index in [4.69, 9.17) is 10.8 Å². The predicted octanol–water partition coefficient (Wildman–Crippen LogP) is 0.0982. The summed E-state index contributed by atoms with van der Waals surface area (Å²) in [7, 11) is 0. The number of anilines is 1. The molecule has 0 aliphatic heterocycles. The zero-order valence-electron chi connectivity index (χ0n) is 9.60. The van der Waals surface area contributed by atoms with Crippen LogP contribution in [0.5, 0.6) is 0 Å². The van der Waals surface area contributed by atoms with Crippen molar-refractivity contribution in [1.82, 2.24) is 9.97 Å². The number of nitrogens with zero attached hydrogens (tertiary/aromatic N) is 2. The Kier molecular flexibility index (Phi) is 3.62. The van der Waals surface area contributed by atoms with Crippen molar-refractivity contribution in [3.8, 4) is 0 Å². The fraction of sp³-hybridized carbons (Fsp3) is 0.400. The lowest BCUT2D eigenvalue weighted by Crippen LogP contribution is -2.37. The molecule has 0 saturated carbocycles. The number of carbonyl (C=O) groups is 2. The highest BCUT2D eigenvalue weighted by atomic mass is 16.4. The van der Waals surface area contributed by atoms with Crippen LogP contribution < -0.4 is 11.1 Å². The van der Waals surface area contributed by atoms with Gasteiger partial charge in [-0.05, 0) is 13.8 Å². The molecule has 0 aromatic carbocycles. The van der Waals surface area contributed by atoms with E-state index >= 15 is 0 Å². The summed E-state index contributed by atoms with van der Waals surface area (Å²) < 4.78 is 0. The van der Waals surface area contributed by atoms with Crippen LogP contribution in [0.4, 0.5) is 5.82 Å². The highest BCUT2D eigenvalue weighted by Crippen LogP contribution is 2.14. The quantitative estimate of drug-likeness (QED) is 0.669. The summed E-state index contributed by atoms with van der Waals surface area (Å²) in [4.78, 5) is 29.1. The minimum absolute atomic E-state index is 0.135. The van der Waals surface area contributed by atoms with E-state index in [1.807, 2.05) is 0 Å². The number of rotatable bonds is 5. The molecule has 7 heteroatoms. The van der Waals surface area contributed by atoms with Gasteiger partial charge in [-0.25, -0.2) is 14.8 Å². The molecule has 17 heavy (non-hydrogen) atoms. The van der Waals surface area contributed by atoms with Gasteiger partial charge >= 0.3 is 5.97 Å². The molecule has 1 rings (SSSR count). The summed E-state index contributed by atoms with van der Waals surface area (Å²) in [6.45, 7) is 3.69. The Hall–Kier alpha value is -2.18. The van der Waals surface area contributed by atoms with Crippen molar-refractivity contribution in [3.63, 3.8) is 0 Å². The van der Waals surface area contributed by atoms with Crippen LogP contribution in [-0.4, -0.2) is 33.5 Å². The zero-order valence-corrected chi connectivity index (χ0v) is 9.60. The Morgan fingerprint density at radius 2 is 2.06 bits per heavy atom. The van der Waals surface area contributed by atoms with Gasteiger partial charge in [0.2, 0.25) is 5.91 Å². The summed E-state index contributed by atoms with van der Waals surface area (Å²) >= 11 is 0. The largest absolute Gasteiger partial charge is 0.476 e. The van der Waals surface area contributed by atoms with Gasteiger partial charge in [-0.3, -0.25) is 4.79 Å². The maximum atomic E-state index is 11.1. The molecule has 0 spiro atoms. The molecule has 0 atom stereocenters. The summed E-state index contributed by atoms with van der Waals surface area (Å²) in [5.74, 6) is -1.18. The van der Waals surface area contributed by atoms with Gasteiger partial charge in [0, 0.05) is 6.54 Å². The third-order valence-electron chi connectivity index (χ3n) is 2.25. The van der Waals surface area contributed by atoms with E-state index in [1.54, 1.807) is 13.8 Å². The molecule has 1 aromatic heterocycles. The topological polar surface area (TPSA) is 118 Å². The fourth-order valence-electron chi connectivity index (χ4n) is 0.928. The molecule has 0 aliphatic rings. The van der Waals surface area contributed by atoms with Gasteiger partial charge in [0.1, 0.15) is 5.82 Å². The van der Waals surface area contributed by atoms with Gasteiger partial charge < -0.3 is 16.2 Å². The van der Waals surface area contributed by atoms with Crippen LogP contribution in [0.1, 0.15) is 24.3 Å². The lowest BCUT2D eigenvalue weighted by atomic mass is 9.93. The summed E-state index contributed by atoms with van der Waals surface area (Å²) in [6, 6.07) is 0. The van der Waals surface area contributed by atoms with Crippen LogP contribution in [-0.2, 0) is 4.79 Å². The Balaban J connectivity index is 2.65. The molecule has 92 valence electrons. The Labute approximate surface area is 98.1 Å². The molecule has 0 aliphatic carbocycles. The molecule has 1 aromatic rings. The number of primary amides is 1. The SMILES string of the molecule is CC(C)(CNc1cnc(C(=O)O)cn1)C(N)=O. The third-order valence-corrected chi connectivity index (χ3v) is 2.25. The predicted molar refractivity (Wildman–Crippen MR) is 60.5 cm³/mol. The monoisotopic (exact) mass is 238 g/mol. The van der Waals surface area contributed by atoms with Crippen LogP contribution in [0.25, 0.3) is 0 Å². The summed E-state index contributed by atoms with van der Waals surface area (Å²) in [5, 5.41) is 11.5. The van der Waals surface area contributed by atoms with Crippen LogP contribution in [0.2, 0.25) is 0 Å². The second kappa shape index (κ2) is 4.77. The molecule has 0 radical (unpaired) electrons. The van der Waals surface area contributed by atoms with E-state index in [0.717, 1.165) is 6.20 Å². The number of amides is 1. The number of carboxylic acids is 1. The number of nitrogens with one attached hydrogen (secondary N) is 1. The van der Waals surface area contributed by atoms with Gasteiger partial charge in [-0.1, -0.05) is 0 Å². The second-order valence-corrected chi connectivity index (χ2v) is 4.19. The molecule has 0 saturated heterocycles. The van der Waals surface area contributed by atoms with Crippen molar-refractivity contribution in [3.05, 3.63) is 18.1 Å². The van der Waals surface area contributed by atoms with Crippen LogP contribution in [0.3, 0.4) is 0 Å². The van der Waals surface area contributed by atoms with E-state index in [9.17, 15) is 9.59 Å². The fourth-order valence-corrected chi connectivity index (χ4v) is 0.928. The number of carboxylic acid groups (broad SMARTS) is 1. The lowest BCUT2D eigenvalue weighted by molar-refractivity contribution is -0.125. The highest BCUT2D eigenvalue weighted by molar-refractivity contribution is 5.85. The van der Waals surface area contributed by atoms with Crippen LogP contribution in [0.15, 0.2) is 12.4 Å². The molecule has 0 unspecified atom stereocenters. The average Bonchev–Trinajstić information content (AvgIpc) is 2.27. The first-order valence-corrected chi connectivity index (χ1v) is 4.92. The van der Waals surface area contributed by atoms with Crippen LogP contribution in [0, 0.1) is 5.41 Å². The van der Waals surface area contributed by atoms with Gasteiger partial charge in [0.25, 0.3) is 0 Å². The molecule has 1 amide bonds. The normalized spacial score (nSPS) is 10.9. The maximum Gasteiger partial charge on any atom is 0.356 e. The van der Waals surface area contributed by atoms with E-state index in [0.29, 0.717) is 12.4 Å². The smallest absolute Gasteiger partial charge is 0.356 e. The van der Waals surface area contributed by atoms with E-state index < -0.39 is 17.3 Å². The van der Waals surface area contributed by atoms with Crippen molar-refractivity contribution in [1.29, 1.82) is 0 Å². The minimum Gasteiger partial charge on any atom is -0.476 e. The van der Waals surface area contributed by atoms with E-state index in [-0.39, 0.29) is 5.69 Å². The standard InChI is InChI=1S/C10H14N4O3/c1-10(2,9(11)17)5-14-7-4-12-6(3-13-7)8(15)16/h3-4H,5H2,1-2H3,(H2,11,17)(H,13,14)(H,15,16). The van der Waals surface area contributed by atoms with Crippen molar-refractivity contribution in [2.24, 2.45) is 11.1 Å². The minimum atomic E-state index is -1.14. The first-order valence-electron chi connectivity index (χ1n) is 4.92. The van der Waals surface area contributed by atoms with E-state index in [2.05, 4.69) is 15.3 Å². The average molecular weight is 238 g/mol. The number of hydrogen-bond acceptors (Lipinski definition) is 5. The number of aromatic nitrogens is 2. The highest BCUT2D eigenvalue weighted by Gasteiger charge is 2.24. The first-order chi connectivity index (χ1) is 7.83.